The second-order valence-corrected chi connectivity index (χ2v) is 11.4. The summed E-state index contributed by atoms with van der Waals surface area (Å²) in [4.78, 5) is 23.5. The lowest BCUT2D eigenvalue weighted by molar-refractivity contribution is 0.0639. The van der Waals surface area contributed by atoms with Crippen molar-refractivity contribution in [3.8, 4) is 5.75 Å². The van der Waals surface area contributed by atoms with E-state index in [1.807, 2.05) is 6.07 Å². The minimum Gasteiger partial charge on any atom is -0.497 e. The van der Waals surface area contributed by atoms with Crippen LogP contribution in [0.5, 0.6) is 5.75 Å². The zero-order valence-corrected chi connectivity index (χ0v) is 24.3. The molecular formula is C32H45N5O2. The van der Waals surface area contributed by atoms with Gasteiger partial charge in [-0.3, -0.25) is 9.69 Å². The molecule has 0 radical (unpaired) electrons. The van der Waals surface area contributed by atoms with Gasteiger partial charge in [-0.15, -0.1) is 0 Å². The van der Waals surface area contributed by atoms with Crippen LogP contribution in [0.2, 0.25) is 0 Å². The second-order valence-electron chi connectivity index (χ2n) is 11.4. The van der Waals surface area contributed by atoms with Gasteiger partial charge in [-0.05, 0) is 70.1 Å². The molecule has 2 saturated heterocycles. The lowest BCUT2D eigenvalue weighted by Gasteiger charge is -2.35. The van der Waals surface area contributed by atoms with Gasteiger partial charge in [0.05, 0.1) is 12.7 Å². The number of hydrogen-bond acceptors (Lipinski definition) is 5. The SMILES string of the molecule is COc1cccc(CCN2CCN(C(=O)c3c(C)n(CCCN4CCN(C)CC4)c4ccc(C)cc34)CC2)c1. The average molecular weight is 532 g/mol. The van der Waals surface area contributed by atoms with E-state index in [-0.39, 0.29) is 5.91 Å². The van der Waals surface area contributed by atoms with Crippen molar-refractivity contribution in [2.24, 2.45) is 0 Å². The number of methoxy groups -OCH3 is 1. The second kappa shape index (κ2) is 12.5. The topological polar surface area (TPSA) is 44.2 Å². The van der Waals surface area contributed by atoms with E-state index in [4.69, 9.17) is 4.74 Å². The first-order valence-electron chi connectivity index (χ1n) is 14.6. The first-order chi connectivity index (χ1) is 18.9. The number of amides is 1. The van der Waals surface area contributed by atoms with Crippen molar-refractivity contribution in [2.75, 3.05) is 79.6 Å². The highest BCUT2D eigenvalue weighted by Crippen LogP contribution is 2.29. The predicted octanol–water partition coefficient (Wildman–Crippen LogP) is 3.90. The van der Waals surface area contributed by atoms with Crippen molar-refractivity contribution in [3.63, 3.8) is 0 Å². The molecule has 2 aliphatic heterocycles. The van der Waals surface area contributed by atoms with Crippen LogP contribution in [-0.2, 0) is 13.0 Å². The molecule has 7 nitrogen and oxygen atoms in total. The summed E-state index contributed by atoms with van der Waals surface area (Å²) in [6.45, 7) is 15.3. The van der Waals surface area contributed by atoms with Gasteiger partial charge in [-0.1, -0.05) is 23.8 Å². The van der Waals surface area contributed by atoms with Crippen molar-refractivity contribution in [1.82, 2.24) is 24.2 Å². The lowest BCUT2D eigenvalue weighted by Crippen LogP contribution is -2.49. The van der Waals surface area contributed by atoms with Crippen molar-refractivity contribution in [2.45, 2.75) is 33.2 Å². The van der Waals surface area contributed by atoms with E-state index in [0.717, 1.165) is 107 Å². The van der Waals surface area contributed by atoms with Gasteiger partial charge in [-0.2, -0.15) is 0 Å². The quantitative estimate of drug-likeness (QED) is 0.419. The standard InChI is InChI=1S/C32H45N5O2/c1-25-9-10-30-29(23-25)31(26(2)37(30)13-6-12-34-17-15-33(3)16-18-34)32(38)36-21-19-35(20-22-36)14-11-27-7-5-8-28(24-27)39-4/h5,7-10,23-24H,6,11-22H2,1-4H3. The Labute approximate surface area is 233 Å². The van der Waals surface area contributed by atoms with Crippen LogP contribution in [0.4, 0.5) is 0 Å². The fourth-order valence-electron chi connectivity index (χ4n) is 6.13. The van der Waals surface area contributed by atoms with Crippen LogP contribution < -0.4 is 4.74 Å². The van der Waals surface area contributed by atoms with E-state index in [2.05, 4.69) is 81.5 Å². The largest absolute Gasteiger partial charge is 0.497 e. The third-order valence-electron chi connectivity index (χ3n) is 8.66. The summed E-state index contributed by atoms with van der Waals surface area (Å²) < 4.78 is 7.76. The summed E-state index contributed by atoms with van der Waals surface area (Å²) in [7, 11) is 3.92. The molecule has 3 aromatic rings. The molecule has 0 unspecified atom stereocenters. The highest BCUT2D eigenvalue weighted by atomic mass is 16.5. The molecule has 1 aromatic heterocycles. The maximum atomic E-state index is 13.9. The molecule has 0 N–H and O–H groups in total. The molecule has 7 heteroatoms. The Morgan fingerprint density at radius 3 is 2.31 bits per heavy atom. The fourth-order valence-corrected chi connectivity index (χ4v) is 6.13. The number of aromatic nitrogens is 1. The van der Waals surface area contributed by atoms with E-state index < -0.39 is 0 Å². The van der Waals surface area contributed by atoms with Gasteiger partial charge in [0.25, 0.3) is 5.91 Å². The van der Waals surface area contributed by atoms with Gasteiger partial charge >= 0.3 is 0 Å². The first kappa shape index (κ1) is 27.7. The molecule has 0 bridgehead atoms. The first-order valence-corrected chi connectivity index (χ1v) is 14.6. The number of benzene rings is 2. The molecule has 0 atom stereocenters. The third-order valence-corrected chi connectivity index (χ3v) is 8.66. The van der Waals surface area contributed by atoms with Crippen LogP contribution in [0.1, 0.15) is 33.6 Å². The van der Waals surface area contributed by atoms with E-state index in [0.29, 0.717) is 0 Å². The Bertz CT molecular complexity index is 1270. The molecule has 210 valence electrons. The van der Waals surface area contributed by atoms with Crippen molar-refractivity contribution in [3.05, 3.63) is 64.8 Å². The summed E-state index contributed by atoms with van der Waals surface area (Å²) in [6.07, 6.45) is 2.09. The van der Waals surface area contributed by atoms with Crippen LogP contribution in [-0.4, -0.2) is 110 Å². The number of aryl methyl sites for hydroxylation is 2. The summed E-state index contributed by atoms with van der Waals surface area (Å²) in [5, 5.41) is 1.11. The van der Waals surface area contributed by atoms with E-state index in [1.165, 1.54) is 16.6 Å². The highest BCUT2D eigenvalue weighted by Gasteiger charge is 2.27. The van der Waals surface area contributed by atoms with Crippen LogP contribution in [0.3, 0.4) is 0 Å². The number of carbonyl (C=O) groups excluding carboxylic acids is 1. The normalized spacial score (nSPS) is 17.7. The average Bonchev–Trinajstić information content (AvgIpc) is 3.23. The number of carbonyl (C=O) groups is 1. The van der Waals surface area contributed by atoms with E-state index >= 15 is 0 Å². The summed E-state index contributed by atoms with van der Waals surface area (Å²) in [5.74, 6) is 1.10. The van der Waals surface area contributed by atoms with Gasteiger partial charge in [-0.25, -0.2) is 0 Å². The Balaban J connectivity index is 1.22. The number of fused-ring (bicyclic) bond motifs is 1. The number of hydrogen-bond donors (Lipinski definition) is 0. The third kappa shape index (κ3) is 6.48. The lowest BCUT2D eigenvalue weighted by atomic mass is 10.1. The molecular weight excluding hydrogens is 486 g/mol. The Kier molecular flexibility index (Phi) is 8.90. The van der Waals surface area contributed by atoms with Crippen LogP contribution in [0, 0.1) is 13.8 Å². The molecule has 5 rings (SSSR count). The Morgan fingerprint density at radius 2 is 1.56 bits per heavy atom. The molecule has 1 amide bonds. The van der Waals surface area contributed by atoms with Gasteiger partial charge in [0.15, 0.2) is 0 Å². The zero-order chi connectivity index (χ0) is 27.4. The van der Waals surface area contributed by atoms with Crippen LogP contribution in [0.25, 0.3) is 10.9 Å². The van der Waals surface area contributed by atoms with Gasteiger partial charge in [0.2, 0.25) is 0 Å². The van der Waals surface area contributed by atoms with Gasteiger partial charge < -0.3 is 24.0 Å². The van der Waals surface area contributed by atoms with Gasteiger partial charge in [0, 0.05) is 82.0 Å². The molecule has 2 aromatic carbocycles. The number of piperazine rings is 2. The van der Waals surface area contributed by atoms with Gasteiger partial charge in [0.1, 0.15) is 5.75 Å². The minimum atomic E-state index is 0.188. The van der Waals surface area contributed by atoms with Crippen LogP contribution in [0.15, 0.2) is 42.5 Å². The Morgan fingerprint density at radius 1 is 0.846 bits per heavy atom. The van der Waals surface area contributed by atoms with E-state index in [9.17, 15) is 4.79 Å². The smallest absolute Gasteiger partial charge is 0.256 e. The minimum absolute atomic E-state index is 0.188. The summed E-state index contributed by atoms with van der Waals surface area (Å²) in [6, 6.07) is 14.9. The molecule has 0 saturated carbocycles. The summed E-state index contributed by atoms with van der Waals surface area (Å²) in [5.41, 5.74) is 5.70. The Hall–Kier alpha value is -2.87. The maximum Gasteiger partial charge on any atom is 0.256 e. The molecule has 0 aliphatic carbocycles. The highest BCUT2D eigenvalue weighted by molar-refractivity contribution is 6.08. The predicted molar refractivity (Wildman–Crippen MR) is 159 cm³/mol. The zero-order valence-electron chi connectivity index (χ0n) is 24.3. The van der Waals surface area contributed by atoms with E-state index in [1.54, 1.807) is 7.11 Å². The molecule has 2 aliphatic rings. The molecule has 2 fully saturated rings. The molecule has 39 heavy (non-hydrogen) atoms. The maximum absolute atomic E-state index is 13.9. The number of nitrogens with zero attached hydrogens (tertiary/aromatic N) is 5. The number of ether oxygens (including phenoxy) is 1. The number of rotatable bonds is 9. The van der Waals surface area contributed by atoms with Crippen molar-refractivity contribution >= 4 is 16.8 Å². The number of likely N-dealkylation sites (N-methyl/N-ethyl adjacent to an activating group) is 1. The monoisotopic (exact) mass is 531 g/mol. The summed E-state index contributed by atoms with van der Waals surface area (Å²) >= 11 is 0. The molecule has 0 spiro atoms. The van der Waals surface area contributed by atoms with Crippen molar-refractivity contribution < 1.29 is 9.53 Å². The van der Waals surface area contributed by atoms with Crippen LogP contribution >= 0.6 is 0 Å². The fraction of sp³-hybridized carbons (Fsp3) is 0.531. The van der Waals surface area contributed by atoms with Crippen molar-refractivity contribution in [1.29, 1.82) is 0 Å². The molecule has 3 heterocycles.